The minimum Gasteiger partial charge on any atom is -0.490 e. The van der Waals surface area contributed by atoms with Gasteiger partial charge in [0.05, 0.1) is 42.2 Å². The third-order valence-electron chi connectivity index (χ3n) is 11.0. The fourth-order valence-electron chi connectivity index (χ4n) is 7.87. The first-order valence-corrected chi connectivity index (χ1v) is 19.0. The number of carbonyl (C=O) groups is 5. The molecule has 3 aliphatic heterocycles. The second-order valence-corrected chi connectivity index (χ2v) is 14.6. The van der Waals surface area contributed by atoms with Crippen molar-refractivity contribution in [3.63, 3.8) is 0 Å². The van der Waals surface area contributed by atoms with Crippen LogP contribution in [0.5, 0.6) is 5.75 Å². The number of esters is 1. The molecule has 3 atom stereocenters. The Morgan fingerprint density at radius 1 is 1.05 bits per heavy atom. The molecule has 16 heteroatoms. The highest BCUT2D eigenvalue weighted by molar-refractivity contribution is 6.03. The number of primary amides is 1. The maximum Gasteiger partial charge on any atom is 0.343 e. The zero-order valence-corrected chi connectivity index (χ0v) is 31.5. The van der Waals surface area contributed by atoms with Crippen molar-refractivity contribution in [1.29, 1.82) is 0 Å². The fourth-order valence-corrected chi connectivity index (χ4v) is 7.87. The minimum atomic E-state index is -2.00. The van der Waals surface area contributed by atoms with Gasteiger partial charge >= 0.3 is 5.97 Å². The van der Waals surface area contributed by atoms with Crippen LogP contribution in [-0.4, -0.2) is 63.4 Å². The molecule has 0 fully saturated rings. The normalized spacial score (nSPS) is 17.3. The number of nitrogens with two attached hydrogens (primary N) is 1. The number of ether oxygens (including phenoxy) is 2. The summed E-state index contributed by atoms with van der Waals surface area (Å²) >= 11 is 0. The average molecular weight is 783 g/mol. The molecule has 4 amide bonds. The topological polar surface area (TPSA) is 221 Å². The van der Waals surface area contributed by atoms with Gasteiger partial charge in [0.25, 0.3) is 5.56 Å². The van der Waals surface area contributed by atoms with Crippen molar-refractivity contribution in [3.8, 4) is 17.1 Å². The number of halogens is 1. The lowest BCUT2D eigenvalue weighted by Crippen LogP contribution is -2.50. The zero-order chi connectivity index (χ0) is 40.6. The van der Waals surface area contributed by atoms with Crippen LogP contribution < -0.4 is 32.0 Å². The number of hydrogen-bond donors (Lipinski definition) is 5. The molecular weight excluding hydrogens is 739 g/mol. The average Bonchev–Trinajstić information content (AvgIpc) is 3.57. The molecule has 7 rings (SSSR count). The summed E-state index contributed by atoms with van der Waals surface area (Å²) in [6, 6.07) is 10.6. The molecule has 0 saturated heterocycles. The lowest BCUT2D eigenvalue weighted by molar-refractivity contribution is -0.172. The van der Waals surface area contributed by atoms with Crippen molar-refractivity contribution in [3.05, 3.63) is 86.5 Å². The molecule has 0 saturated carbocycles. The van der Waals surface area contributed by atoms with Gasteiger partial charge in [-0.15, -0.1) is 0 Å². The van der Waals surface area contributed by atoms with Crippen molar-refractivity contribution in [2.24, 2.45) is 11.7 Å². The maximum atomic E-state index is 15.9. The van der Waals surface area contributed by atoms with Crippen molar-refractivity contribution in [1.82, 2.24) is 20.2 Å². The van der Waals surface area contributed by atoms with Crippen LogP contribution in [0, 0.1) is 11.7 Å². The van der Waals surface area contributed by atoms with E-state index in [2.05, 4.69) is 16.0 Å². The molecule has 57 heavy (non-hydrogen) atoms. The van der Waals surface area contributed by atoms with E-state index in [1.165, 1.54) is 4.57 Å². The molecule has 4 aromatic rings. The summed E-state index contributed by atoms with van der Waals surface area (Å²) in [5.41, 5.74) is 6.33. The number of nitrogens with one attached hydrogen (secondary N) is 3. The van der Waals surface area contributed by atoms with Gasteiger partial charge < -0.3 is 40.8 Å². The van der Waals surface area contributed by atoms with Crippen molar-refractivity contribution >= 4 is 46.2 Å². The molecule has 3 aliphatic rings. The smallest absolute Gasteiger partial charge is 0.343 e. The number of pyridine rings is 2. The second kappa shape index (κ2) is 15.8. The zero-order valence-electron chi connectivity index (χ0n) is 31.5. The number of anilines is 1. The van der Waals surface area contributed by atoms with Crippen molar-refractivity contribution in [2.75, 3.05) is 18.5 Å². The first kappa shape index (κ1) is 39.1. The molecule has 2 aromatic heterocycles. The number of hydrogen-bond acceptors (Lipinski definition) is 10. The standard InChI is InChI=1S/C41H43FN6O9/c1-3-5-11-22(37(43)51)15-31(49)45-29(14-21-9-7-6-8-10-21)38(52)44-18-32(50)47-35-27(42)17-28-33-23(12-13-56-36(33)35)24-19-48-30(34(24)46-28)16-26-25(39(48)53)20-57-40(54)41(26,55)4-2/h6-10,16-17,22,29,55H,3-5,11-15,18-20H2,1-2H3,(H2,43,51)(H,44,52)(H,45,49)(H,47,50)/t22?,29-,41-/m0/s1. The Morgan fingerprint density at radius 3 is 2.54 bits per heavy atom. The highest BCUT2D eigenvalue weighted by atomic mass is 19.1. The van der Waals surface area contributed by atoms with E-state index in [1.807, 2.05) is 13.0 Å². The van der Waals surface area contributed by atoms with Crippen molar-refractivity contribution < 1.29 is 42.9 Å². The van der Waals surface area contributed by atoms with Gasteiger partial charge in [-0.05, 0) is 30.0 Å². The molecule has 2 aromatic carbocycles. The number of unbranched alkanes of at least 4 members (excludes halogenated alkanes) is 1. The van der Waals surface area contributed by atoms with E-state index < -0.39 is 65.1 Å². The Hall–Kier alpha value is -6.16. The summed E-state index contributed by atoms with van der Waals surface area (Å²) in [6.07, 6.45) is 2.23. The van der Waals surface area contributed by atoms with Gasteiger partial charge in [-0.2, -0.15) is 0 Å². The Morgan fingerprint density at radius 2 is 1.82 bits per heavy atom. The van der Waals surface area contributed by atoms with Gasteiger partial charge in [-0.3, -0.25) is 24.0 Å². The molecule has 1 unspecified atom stereocenters. The van der Waals surface area contributed by atoms with Crippen LogP contribution in [0.2, 0.25) is 0 Å². The van der Waals surface area contributed by atoms with Crippen LogP contribution in [0.1, 0.15) is 73.8 Å². The Bertz CT molecular complexity index is 2380. The molecular formula is C41H43FN6O9. The van der Waals surface area contributed by atoms with Crippen molar-refractivity contribution in [2.45, 2.75) is 83.6 Å². The number of cyclic esters (lactones) is 1. The van der Waals surface area contributed by atoms with Crippen LogP contribution in [0.25, 0.3) is 22.3 Å². The molecule has 0 bridgehead atoms. The SMILES string of the molecule is CCCCC(CC(=O)N[C@@H](Cc1ccccc1)C(=O)NCC(=O)Nc1c(F)cc2nc3c(c4c2c1OCC4)Cn1c-3cc2c(c1=O)COC(=O)[C@]2(O)CC)C(N)=O. The number of rotatable bonds is 14. The largest absolute Gasteiger partial charge is 0.490 e. The fraction of sp³-hybridized carbons (Fsp3) is 0.390. The predicted molar refractivity (Wildman–Crippen MR) is 204 cm³/mol. The highest BCUT2D eigenvalue weighted by Crippen LogP contribution is 2.46. The summed E-state index contributed by atoms with van der Waals surface area (Å²) in [4.78, 5) is 82.8. The first-order valence-electron chi connectivity index (χ1n) is 19.0. The molecule has 0 spiro atoms. The van der Waals surface area contributed by atoms with E-state index >= 15 is 4.39 Å². The van der Waals surface area contributed by atoms with Gasteiger partial charge in [0.2, 0.25) is 23.6 Å². The second-order valence-electron chi connectivity index (χ2n) is 14.6. The first-order chi connectivity index (χ1) is 27.3. The van der Waals surface area contributed by atoms with E-state index in [9.17, 15) is 33.9 Å². The third-order valence-corrected chi connectivity index (χ3v) is 11.0. The number of benzene rings is 2. The molecule has 0 radical (unpaired) electrons. The maximum absolute atomic E-state index is 15.9. The number of aliphatic hydroxyl groups is 1. The molecule has 6 N–H and O–H groups in total. The molecule has 298 valence electrons. The van der Waals surface area contributed by atoms with Gasteiger partial charge in [-0.1, -0.05) is 57.0 Å². The van der Waals surface area contributed by atoms with E-state index in [0.717, 1.165) is 23.6 Å². The molecule has 5 heterocycles. The van der Waals surface area contributed by atoms with Crippen LogP contribution in [-0.2, 0) is 60.3 Å². The minimum absolute atomic E-state index is 0.0160. The Labute approximate surface area is 326 Å². The van der Waals surface area contributed by atoms with Gasteiger partial charge in [-0.25, -0.2) is 14.2 Å². The summed E-state index contributed by atoms with van der Waals surface area (Å²) in [5.74, 6) is -4.94. The summed E-state index contributed by atoms with van der Waals surface area (Å²) < 4.78 is 28.5. The Balaban J connectivity index is 1.12. The van der Waals surface area contributed by atoms with E-state index in [0.29, 0.717) is 41.6 Å². The summed E-state index contributed by atoms with van der Waals surface area (Å²) in [6.45, 7) is 2.96. The van der Waals surface area contributed by atoms with Gasteiger partial charge in [0.1, 0.15) is 18.3 Å². The van der Waals surface area contributed by atoms with Crippen LogP contribution in [0.4, 0.5) is 10.1 Å². The third kappa shape index (κ3) is 7.32. The summed E-state index contributed by atoms with van der Waals surface area (Å²) in [7, 11) is 0. The molecule has 0 aliphatic carbocycles. The number of aromatic nitrogens is 2. The predicted octanol–water partition coefficient (Wildman–Crippen LogP) is 2.62. The van der Waals surface area contributed by atoms with Crippen LogP contribution in [0.15, 0.2) is 47.3 Å². The number of carbonyl (C=O) groups excluding carboxylic acids is 5. The lowest BCUT2D eigenvalue weighted by atomic mass is 9.86. The van der Waals surface area contributed by atoms with Gasteiger partial charge in [0, 0.05) is 47.8 Å². The van der Waals surface area contributed by atoms with Crippen LogP contribution >= 0.6 is 0 Å². The van der Waals surface area contributed by atoms with E-state index in [-0.39, 0.29) is 67.1 Å². The van der Waals surface area contributed by atoms with Crippen LogP contribution in [0.3, 0.4) is 0 Å². The number of amides is 4. The molecule has 15 nitrogen and oxygen atoms in total. The number of nitrogens with zero attached hydrogens (tertiary/aromatic N) is 2. The quantitative estimate of drug-likeness (QED) is 0.104. The number of fused-ring (bicyclic) bond motifs is 5. The Kier molecular flexibility index (Phi) is 10.8. The van der Waals surface area contributed by atoms with E-state index in [4.69, 9.17) is 20.2 Å². The van der Waals surface area contributed by atoms with Gasteiger partial charge in [0.15, 0.2) is 17.2 Å². The highest BCUT2D eigenvalue weighted by Gasteiger charge is 2.45. The van der Waals surface area contributed by atoms with E-state index in [1.54, 1.807) is 37.3 Å². The monoisotopic (exact) mass is 782 g/mol. The lowest BCUT2D eigenvalue weighted by Gasteiger charge is -2.31. The summed E-state index contributed by atoms with van der Waals surface area (Å²) in [5, 5.41) is 19.4.